The third-order valence-corrected chi connectivity index (χ3v) is 3.14. The summed E-state index contributed by atoms with van der Waals surface area (Å²) in [6, 6.07) is 0. The van der Waals surface area contributed by atoms with Crippen molar-refractivity contribution in [3.05, 3.63) is 0 Å². The highest BCUT2D eigenvalue weighted by molar-refractivity contribution is 5.78. The highest BCUT2D eigenvalue weighted by Gasteiger charge is 2.40. The van der Waals surface area contributed by atoms with Crippen molar-refractivity contribution < 1.29 is 9.90 Å². The number of hydrogen-bond donors (Lipinski definition) is 3. The quantitative estimate of drug-likeness (QED) is 0.620. The monoisotopic (exact) mass is 200 g/mol. The summed E-state index contributed by atoms with van der Waals surface area (Å²) < 4.78 is 0. The first-order valence-electron chi connectivity index (χ1n) is 5.29. The summed E-state index contributed by atoms with van der Waals surface area (Å²) in [6.45, 7) is 3.25. The summed E-state index contributed by atoms with van der Waals surface area (Å²) in [5.74, 6) is -0.0694. The molecule has 0 aliphatic heterocycles. The van der Waals surface area contributed by atoms with Gasteiger partial charge in [0.2, 0.25) is 0 Å². The smallest absolute Gasteiger partial charge is 0.323 e. The average Bonchev–Trinajstić information content (AvgIpc) is 2.17. The fraction of sp³-hybridized carbons (Fsp3) is 0.900. The molecule has 4 nitrogen and oxygen atoms in total. The molecule has 0 heterocycles. The summed E-state index contributed by atoms with van der Waals surface area (Å²) >= 11 is 0. The van der Waals surface area contributed by atoms with Gasteiger partial charge in [0.15, 0.2) is 0 Å². The molecule has 82 valence electrons. The Morgan fingerprint density at radius 3 is 2.57 bits per heavy atom. The van der Waals surface area contributed by atoms with Gasteiger partial charge in [0, 0.05) is 13.1 Å². The Morgan fingerprint density at radius 2 is 2.14 bits per heavy atom. The molecular weight excluding hydrogens is 180 g/mol. The van der Waals surface area contributed by atoms with Crippen LogP contribution in [0, 0.1) is 5.92 Å². The molecule has 0 aromatic heterocycles. The van der Waals surface area contributed by atoms with Gasteiger partial charge in [-0.2, -0.15) is 0 Å². The Hall–Kier alpha value is -0.610. The van der Waals surface area contributed by atoms with Crippen molar-refractivity contribution in [2.75, 3.05) is 13.1 Å². The number of nitrogens with two attached hydrogens (primary N) is 1. The van der Waals surface area contributed by atoms with E-state index < -0.39 is 11.5 Å². The molecule has 1 saturated carbocycles. The minimum Gasteiger partial charge on any atom is -0.480 e. The molecule has 0 aromatic rings. The van der Waals surface area contributed by atoms with E-state index in [0.717, 1.165) is 25.7 Å². The van der Waals surface area contributed by atoms with E-state index in [1.54, 1.807) is 0 Å². The number of nitrogens with one attached hydrogen (secondary N) is 1. The Kier molecular flexibility index (Phi) is 3.89. The van der Waals surface area contributed by atoms with Crippen LogP contribution in [0.4, 0.5) is 0 Å². The maximum Gasteiger partial charge on any atom is 0.323 e. The molecule has 1 rings (SSSR count). The molecular formula is C10H20N2O2. The standard InChI is InChI=1S/C10H20N2O2/c1-8-2-4-10(5-3-8,9(13)14)12-7-6-11/h8,12H,2-7,11H2,1H3,(H,13,14). The Labute approximate surface area is 84.9 Å². The van der Waals surface area contributed by atoms with Crippen LogP contribution in [0.2, 0.25) is 0 Å². The summed E-state index contributed by atoms with van der Waals surface area (Å²) in [6.07, 6.45) is 3.43. The van der Waals surface area contributed by atoms with Crippen molar-refractivity contribution in [3.8, 4) is 0 Å². The molecule has 1 fully saturated rings. The molecule has 0 saturated heterocycles. The predicted molar refractivity (Wildman–Crippen MR) is 55.1 cm³/mol. The number of carbonyl (C=O) groups is 1. The number of carboxylic acids is 1. The Morgan fingerprint density at radius 1 is 1.57 bits per heavy atom. The fourth-order valence-corrected chi connectivity index (χ4v) is 2.03. The lowest BCUT2D eigenvalue weighted by atomic mass is 9.77. The highest BCUT2D eigenvalue weighted by atomic mass is 16.4. The Bertz CT molecular complexity index is 193. The van der Waals surface area contributed by atoms with Gasteiger partial charge in [-0.3, -0.25) is 4.79 Å². The van der Waals surface area contributed by atoms with Crippen molar-refractivity contribution in [1.82, 2.24) is 5.32 Å². The van der Waals surface area contributed by atoms with Crippen LogP contribution in [0.15, 0.2) is 0 Å². The van der Waals surface area contributed by atoms with E-state index in [1.807, 2.05) is 0 Å². The van der Waals surface area contributed by atoms with Gasteiger partial charge in [-0.1, -0.05) is 6.92 Å². The topological polar surface area (TPSA) is 75.3 Å². The van der Waals surface area contributed by atoms with E-state index >= 15 is 0 Å². The highest BCUT2D eigenvalue weighted by Crippen LogP contribution is 2.31. The van der Waals surface area contributed by atoms with Crippen molar-refractivity contribution >= 4 is 5.97 Å². The molecule has 4 heteroatoms. The second-order valence-corrected chi connectivity index (χ2v) is 4.29. The van der Waals surface area contributed by atoms with Gasteiger partial charge in [-0.15, -0.1) is 0 Å². The van der Waals surface area contributed by atoms with Crippen LogP contribution in [-0.4, -0.2) is 29.7 Å². The van der Waals surface area contributed by atoms with Crippen LogP contribution in [0.25, 0.3) is 0 Å². The van der Waals surface area contributed by atoms with Crippen molar-refractivity contribution in [2.45, 2.75) is 38.1 Å². The second kappa shape index (κ2) is 4.75. The van der Waals surface area contributed by atoms with Gasteiger partial charge < -0.3 is 16.2 Å². The minimum absolute atomic E-state index is 0.491. The number of aliphatic carboxylic acids is 1. The molecule has 1 aliphatic rings. The lowest BCUT2D eigenvalue weighted by molar-refractivity contribution is -0.146. The summed E-state index contributed by atoms with van der Waals surface area (Å²) in [4.78, 5) is 11.2. The molecule has 1 aliphatic carbocycles. The van der Waals surface area contributed by atoms with E-state index in [0.29, 0.717) is 19.0 Å². The first kappa shape index (κ1) is 11.5. The number of hydrogen-bond acceptors (Lipinski definition) is 3. The molecule has 0 atom stereocenters. The van der Waals surface area contributed by atoms with Gasteiger partial charge in [-0.25, -0.2) is 0 Å². The molecule has 0 spiro atoms. The van der Waals surface area contributed by atoms with E-state index in [1.165, 1.54) is 0 Å². The van der Waals surface area contributed by atoms with Crippen molar-refractivity contribution in [2.24, 2.45) is 11.7 Å². The summed E-state index contributed by atoms with van der Waals surface area (Å²) in [5, 5.41) is 12.3. The second-order valence-electron chi connectivity index (χ2n) is 4.29. The van der Waals surface area contributed by atoms with Gasteiger partial charge in [0.25, 0.3) is 0 Å². The van der Waals surface area contributed by atoms with Crippen LogP contribution < -0.4 is 11.1 Å². The largest absolute Gasteiger partial charge is 0.480 e. The lowest BCUT2D eigenvalue weighted by Gasteiger charge is -2.36. The van der Waals surface area contributed by atoms with Crippen molar-refractivity contribution in [3.63, 3.8) is 0 Å². The normalized spacial score (nSPS) is 32.9. The lowest BCUT2D eigenvalue weighted by Crippen LogP contribution is -2.55. The van der Waals surface area contributed by atoms with Crippen LogP contribution in [0.3, 0.4) is 0 Å². The number of carboxylic acid groups (broad SMARTS) is 1. The first-order valence-corrected chi connectivity index (χ1v) is 5.29. The molecule has 0 amide bonds. The minimum atomic E-state index is -0.724. The molecule has 4 N–H and O–H groups in total. The SMILES string of the molecule is CC1CCC(NCCN)(C(=O)O)CC1. The zero-order valence-corrected chi connectivity index (χ0v) is 8.75. The van der Waals surface area contributed by atoms with Crippen LogP contribution >= 0.6 is 0 Å². The van der Waals surface area contributed by atoms with Crippen LogP contribution in [-0.2, 0) is 4.79 Å². The third-order valence-electron chi connectivity index (χ3n) is 3.14. The van der Waals surface area contributed by atoms with E-state index in [2.05, 4.69) is 12.2 Å². The predicted octanol–water partition coefficient (Wildman–Crippen LogP) is 0.568. The van der Waals surface area contributed by atoms with Crippen LogP contribution in [0.5, 0.6) is 0 Å². The molecule has 0 aromatic carbocycles. The van der Waals surface area contributed by atoms with E-state index in [4.69, 9.17) is 5.73 Å². The molecule has 0 radical (unpaired) electrons. The van der Waals surface area contributed by atoms with Gasteiger partial charge in [0.1, 0.15) is 5.54 Å². The maximum atomic E-state index is 11.2. The molecule has 0 unspecified atom stereocenters. The van der Waals surface area contributed by atoms with Crippen LogP contribution in [0.1, 0.15) is 32.6 Å². The Balaban J connectivity index is 2.58. The maximum absolute atomic E-state index is 11.2. The summed E-state index contributed by atoms with van der Waals surface area (Å²) in [5.41, 5.74) is 4.67. The van der Waals surface area contributed by atoms with Gasteiger partial charge in [-0.05, 0) is 31.6 Å². The first-order chi connectivity index (χ1) is 6.60. The van der Waals surface area contributed by atoms with Gasteiger partial charge >= 0.3 is 5.97 Å². The van der Waals surface area contributed by atoms with E-state index in [9.17, 15) is 9.90 Å². The summed E-state index contributed by atoms with van der Waals surface area (Å²) in [7, 11) is 0. The zero-order valence-electron chi connectivity index (χ0n) is 8.75. The molecule has 0 bridgehead atoms. The third kappa shape index (κ3) is 2.45. The fourth-order valence-electron chi connectivity index (χ4n) is 2.03. The number of rotatable bonds is 4. The molecule has 14 heavy (non-hydrogen) atoms. The van der Waals surface area contributed by atoms with E-state index in [-0.39, 0.29) is 0 Å². The van der Waals surface area contributed by atoms with Crippen molar-refractivity contribution in [1.29, 1.82) is 0 Å². The van der Waals surface area contributed by atoms with Gasteiger partial charge in [0.05, 0.1) is 0 Å². The zero-order chi connectivity index (χ0) is 10.6. The average molecular weight is 200 g/mol.